The van der Waals surface area contributed by atoms with Gasteiger partial charge in [-0.05, 0) is 23.8 Å². The lowest BCUT2D eigenvalue weighted by Gasteiger charge is -2.09. The second kappa shape index (κ2) is 3.20. The predicted molar refractivity (Wildman–Crippen MR) is 56.1 cm³/mol. The first-order valence-electron chi connectivity index (χ1n) is 4.41. The molecule has 1 aromatic rings. The van der Waals surface area contributed by atoms with E-state index < -0.39 is 11.7 Å². The van der Waals surface area contributed by atoms with Gasteiger partial charge >= 0.3 is 6.18 Å². The Morgan fingerprint density at radius 3 is 2.60 bits per heavy atom. The molecule has 2 rings (SSSR count). The van der Waals surface area contributed by atoms with Crippen molar-refractivity contribution in [3.8, 4) is 0 Å². The van der Waals surface area contributed by atoms with Crippen LogP contribution >= 0.6 is 12.2 Å². The Labute approximate surface area is 90.3 Å². The first-order chi connectivity index (χ1) is 6.89. The van der Waals surface area contributed by atoms with Gasteiger partial charge in [0.1, 0.15) is 0 Å². The van der Waals surface area contributed by atoms with Crippen molar-refractivity contribution in [2.45, 2.75) is 19.0 Å². The molecule has 0 bridgehead atoms. The highest BCUT2D eigenvalue weighted by molar-refractivity contribution is 7.80. The van der Waals surface area contributed by atoms with Crippen LogP contribution in [0.4, 0.5) is 18.9 Å². The fourth-order valence-electron chi connectivity index (χ4n) is 1.59. The predicted octanol–water partition coefficient (Wildman–Crippen LogP) is 3.56. The number of nitrogens with one attached hydrogen (secondary N) is 1. The maximum absolute atomic E-state index is 12.4. The molecule has 0 radical (unpaired) electrons. The molecule has 0 amide bonds. The van der Waals surface area contributed by atoms with Gasteiger partial charge in [0.15, 0.2) is 0 Å². The van der Waals surface area contributed by atoms with E-state index in [4.69, 9.17) is 12.2 Å². The molecule has 1 heterocycles. The SMILES string of the molecule is CC1C(=S)Nc2ccc(C(F)(F)F)cc21. The lowest BCUT2D eigenvalue weighted by atomic mass is 10.0. The summed E-state index contributed by atoms with van der Waals surface area (Å²) in [6.45, 7) is 1.79. The molecule has 0 aliphatic carbocycles. The van der Waals surface area contributed by atoms with Crippen LogP contribution < -0.4 is 5.32 Å². The molecular formula is C10H8F3NS. The third-order valence-electron chi connectivity index (χ3n) is 2.50. The lowest BCUT2D eigenvalue weighted by molar-refractivity contribution is -0.137. The van der Waals surface area contributed by atoms with Gasteiger partial charge < -0.3 is 5.32 Å². The summed E-state index contributed by atoms with van der Waals surface area (Å²) in [5.41, 5.74) is 0.676. The van der Waals surface area contributed by atoms with E-state index in [1.165, 1.54) is 6.07 Å². The molecule has 0 fully saturated rings. The molecular weight excluding hydrogens is 223 g/mol. The summed E-state index contributed by atoms with van der Waals surface area (Å²) in [6, 6.07) is 3.65. The molecule has 0 aromatic heterocycles. The molecule has 5 heteroatoms. The number of fused-ring (bicyclic) bond motifs is 1. The van der Waals surface area contributed by atoms with Crippen LogP contribution in [0.3, 0.4) is 0 Å². The third-order valence-corrected chi connectivity index (χ3v) is 2.95. The lowest BCUT2D eigenvalue weighted by Crippen LogP contribution is -2.06. The van der Waals surface area contributed by atoms with Crippen molar-refractivity contribution in [3.63, 3.8) is 0 Å². The van der Waals surface area contributed by atoms with Gasteiger partial charge in [0.05, 0.1) is 10.6 Å². The minimum Gasteiger partial charge on any atom is -0.349 e. The highest BCUT2D eigenvalue weighted by atomic mass is 32.1. The zero-order chi connectivity index (χ0) is 11.2. The van der Waals surface area contributed by atoms with E-state index in [1.54, 1.807) is 6.92 Å². The standard InChI is InChI=1S/C10H8F3NS/c1-5-7-4-6(10(11,12)13)2-3-8(7)14-9(5)15/h2-5H,1H3,(H,14,15). The number of anilines is 1. The van der Waals surface area contributed by atoms with Crippen LogP contribution in [0, 0.1) is 0 Å². The van der Waals surface area contributed by atoms with Crippen molar-refractivity contribution < 1.29 is 13.2 Å². The number of halogens is 3. The van der Waals surface area contributed by atoms with Crippen molar-refractivity contribution in [1.29, 1.82) is 0 Å². The van der Waals surface area contributed by atoms with Gasteiger partial charge in [-0.2, -0.15) is 13.2 Å². The molecule has 0 saturated heterocycles. The van der Waals surface area contributed by atoms with Crippen molar-refractivity contribution in [2.75, 3.05) is 5.32 Å². The van der Waals surface area contributed by atoms with E-state index in [0.29, 0.717) is 16.2 Å². The molecule has 1 aromatic carbocycles. The van der Waals surface area contributed by atoms with Crippen LogP contribution in [0.25, 0.3) is 0 Å². The van der Waals surface area contributed by atoms with Crippen LogP contribution in [0.15, 0.2) is 18.2 Å². The fourth-order valence-corrected chi connectivity index (χ4v) is 1.83. The molecule has 1 aliphatic rings. The van der Waals surface area contributed by atoms with Gasteiger partial charge in [-0.1, -0.05) is 19.1 Å². The fraction of sp³-hybridized carbons (Fsp3) is 0.300. The molecule has 0 saturated carbocycles. The number of hydrogen-bond acceptors (Lipinski definition) is 1. The molecule has 0 spiro atoms. The van der Waals surface area contributed by atoms with Crippen LogP contribution in [-0.4, -0.2) is 4.99 Å². The summed E-state index contributed by atoms with van der Waals surface area (Å²) in [5, 5.41) is 2.89. The molecule has 15 heavy (non-hydrogen) atoms. The third kappa shape index (κ3) is 1.71. The average Bonchev–Trinajstić information content (AvgIpc) is 2.41. The molecule has 1 aliphatic heterocycles. The van der Waals surface area contributed by atoms with Crippen molar-refractivity contribution in [2.24, 2.45) is 0 Å². The van der Waals surface area contributed by atoms with Crippen molar-refractivity contribution >= 4 is 22.9 Å². The summed E-state index contributed by atoms with van der Waals surface area (Å²) in [6.07, 6.45) is -4.29. The van der Waals surface area contributed by atoms with Crippen molar-refractivity contribution in [3.05, 3.63) is 29.3 Å². The second-order valence-electron chi connectivity index (χ2n) is 3.51. The first kappa shape index (κ1) is 10.4. The first-order valence-corrected chi connectivity index (χ1v) is 4.82. The van der Waals surface area contributed by atoms with Crippen LogP contribution in [0.5, 0.6) is 0 Å². The van der Waals surface area contributed by atoms with E-state index in [1.807, 2.05) is 0 Å². The maximum atomic E-state index is 12.4. The normalized spacial score (nSPS) is 20.0. The summed E-state index contributed by atoms with van der Waals surface area (Å²) in [7, 11) is 0. The van der Waals surface area contributed by atoms with Gasteiger partial charge in [-0.3, -0.25) is 0 Å². The van der Waals surface area contributed by atoms with Gasteiger partial charge in [-0.25, -0.2) is 0 Å². The maximum Gasteiger partial charge on any atom is 0.416 e. The number of rotatable bonds is 0. The summed E-state index contributed by atoms with van der Waals surface area (Å²) in [4.78, 5) is 0.573. The Morgan fingerprint density at radius 2 is 2.00 bits per heavy atom. The van der Waals surface area contributed by atoms with E-state index in [0.717, 1.165) is 12.1 Å². The number of benzene rings is 1. The van der Waals surface area contributed by atoms with Crippen molar-refractivity contribution in [1.82, 2.24) is 0 Å². The average molecular weight is 231 g/mol. The van der Waals surface area contributed by atoms with E-state index >= 15 is 0 Å². The Kier molecular flexibility index (Phi) is 2.22. The number of alkyl halides is 3. The topological polar surface area (TPSA) is 12.0 Å². The van der Waals surface area contributed by atoms with E-state index in [-0.39, 0.29) is 5.92 Å². The van der Waals surface area contributed by atoms with Gasteiger partial charge in [0, 0.05) is 11.6 Å². The largest absolute Gasteiger partial charge is 0.416 e. The van der Waals surface area contributed by atoms with Gasteiger partial charge in [0.25, 0.3) is 0 Å². The Morgan fingerprint density at radius 1 is 1.33 bits per heavy atom. The number of thiocarbonyl (C=S) groups is 1. The highest BCUT2D eigenvalue weighted by Gasteiger charge is 2.33. The smallest absolute Gasteiger partial charge is 0.349 e. The minimum atomic E-state index is -4.29. The summed E-state index contributed by atoms with van der Waals surface area (Å²) in [5.74, 6) is -0.141. The molecule has 1 nitrogen and oxygen atoms in total. The summed E-state index contributed by atoms with van der Waals surface area (Å²) < 4.78 is 37.3. The quantitative estimate of drug-likeness (QED) is 0.685. The van der Waals surface area contributed by atoms with Crippen LogP contribution in [0.2, 0.25) is 0 Å². The van der Waals surface area contributed by atoms with Gasteiger partial charge in [-0.15, -0.1) is 0 Å². The summed E-state index contributed by atoms with van der Waals surface area (Å²) >= 11 is 4.99. The molecule has 80 valence electrons. The highest BCUT2D eigenvalue weighted by Crippen LogP contribution is 2.38. The number of hydrogen-bond donors (Lipinski definition) is 1. The van der Waals surface area contributed by atoms with Gasteiger partial charge in [0.2, 0.25) is 0 Å². The zero-order valence-electron chi connectivity index (χ0n) is 7.85. The molecule has 1 N–H and O–H groups in total. The molecule has 1 unspecified atom stereocenters. The Bertz CT molecular complexity index is 425. The van der Waals surface area contributed by atoms with Crippen LogP contribution in [0.1, 0.15) is 24.0 Å². The minimum absolute atomic E-state index is 0.141. The Hall–Kier alpha value is -1.10. The zero-order valence-corrected chi connectivity index (χ0v) is 8.67. The monoisotopic (exact) mass is 231 g/mol. The molecule has 1 atom stereocenters. The second-order valence-corrected chi connectivity index (χ2v) is 3.95. The van der Waals surface area contributed by atoms with E-state index in [9.17, 15) is 13.2 Å². The Balaban J connectivity index is 2.49. The van der Waals surface area contributed by atoms with Crippen LogP contribution in [-0.2, 0) is 6.18 Å². The van der Waals surface area contributed by atoms with E-state index in [2.05, 4.69) is 5.32 Å².